The van der Waals surface area contributed by atoms with Gasteiger partial charge in [-0.2, -0.15) is 0 Å². The molecule has 0 saturated heterocycles. The number of aliphatic imine (C=N–C) groups is 1. The lowest BCUT2D eigenvalue weighted by molar-refractivity contribution is 0.0786. The average molecular weight is 475 g/mol. The van der Waals surface area contributed by atoms with E-state index in [1.807, 2.05) is 67.5 Å². The van der Waals surface area contributed by atoms with Crippen LogP contribution in [0.4, 0.5) is 5.69 Å². The van der Waals surface area contributed by atoms with Crippen molar-refractivity contribution in [1.82, 2.24) is 14.8 Å². The summed E-state index contributed by atoms with van der Waals surface area (Å²) in [5.41, 5.74) is 4.08. The van der Waals surface area contributed by atoms with E-state index in [1.54, 1.807) is 36.2 Å². The molecule has 3 aromatic carbocycles. The van der Waals surface area contributed by atoms with Crippen molar-refractivity contribution in [3.63, 3.8) is 0 Å². The smallest absolute Gasteiger partial charge is 0.253 e. The average Bonchev–Trinajstić information content (AvgIpc) is 3.15. The van der Waals surface area contributed by atoms with Gasteiger partial charge in [-0.25, -0.2) is 4.99 Å². The van der Waals surface area contributed by atoms with Crippen LogP contribution in [0.5, 0.6) is 5.88 Å². The summed E-state index contributed by atoms with van der Waals surface area (Å²) in [6.45, 7) is 1.44. The Morgan fingerprint density at radius 1 is 0.941 bits per heavy atom. The van der Waals surface area contributed by atoms with Crippen molar-refractivity contribution in [2.75, 3.05) is 34.2 Å². The van der Waals surface area contributed by atoms with E-state index in [0.717, 1.165) is 23.0 Å². The maximum Gasteiger partial charge on any atom is 0.253 e. The number of aromatic hydroxyl groups is 1. The highest BCUT2D eigenvalue weighted by Crippen LogP contribution is 2.32. The lowest BCUT2D eigenvalue weighted by atomic mass is 10.0. The fourth-order valence-corrected chi connectivity index (χ4v) is 3.91. The molecule has 34 heavy (non-hydrogen) atoms. The fourth-order valence-electron chi connectivity index (χ4n) is 3.74. The fraction of sp³-hybridized carbons (Fsp3) is 0.185. The Kier molecular flexibility index (Phi) is 7.01. The van der Waals surface area contributed by atoms with Gasteiger partial charge in [0.25, 0.3) is 5.91 Å². The van der Waals surface area contributed by atoms with E-state index in [-0.39, 0.29) is 11.8 Å². The van der Waals surface area contributed by atoms with Crippen LogP contribution in [0.3, 0.4) is 0 Å². The number of hydrogen-bond donors (Lipinski definition) is 2. The summed E-state index contributed by atoms with van der Waals surface area (Å²) in [5.74, 6) is -0.0130. The Balaban J connectivity index is 1.72. The van der Waals surface area contributed by atoms with Crippen molar-refractivity contribution in [3.8, 4) is 5.88 Å². The van der Waals surface area contributed by atoms with Gasteiger partial charge in [0, 0.05) is 41.7 Å². The van der Waals surface area contributed by atoms with E-state index in [1.165, 1.54) is 0 Å². The van der Waals surface area contributed by atoms with Crippen molar-refractivity contribution in [1.29, 1.82) is 0 Å². The number of H-pyrrole nitrogens is 1. The molecule has 174 valence electrons. The van der Waals surface area contributed by atoms with Gasteiger partial charge in [-0.3, -0.25) is 4.79 Å². The SMILES string of the molecule is CN(C)CCN(C)C(=O)c1ccc(N=C(c2ccccc2)c2c(O)[nH]c3cc(Cl)ccc23)cc1. The number of amides is 1. The van der Waals surface area contributed by atoms with Gasteiger partial charge in [0.05, 0.1) is 22.5 Å². The van der Waals surface area contributed by atoms with Gasteiger partial charge in [-0.15, -0.1) is 0 Å². The van der Waals surface area contributed by atoms with E-state index < -0.39 is 0 Å². The molecular formula is C27H27ClN4O2. The Hall–Kier alpha value is -3.61. The van der Waals surface area contributed by atoms with Crippen LogP contribution in [-0.4, -0.2) is 65.7 Å². The molecule has 6 nitrogen and oxygen atoms in total. The van der Waals surface area contributed by atoms with Crippen LogP contribution in [0.25, 0.3) is 10.9 Å². The maximum atomic E-state index is 12.7. The largest absolute Gasteiger partial charge is 0.494 e. The number of hydrogen-bond acceptors (Lipinski definition) is 4. The van der Waals surface area contributed by atoms with Crippen molar-refractivity contribution in [2.24, 2.45) is 4.99 Å². The number of halogens is 1. The van der Waals surface area contributed by atoms with Crippen molar-refractivity contribution in [2.45, 2.75) is 0 Å². The van der Waals surface area contributed by atoms with Crippen LogP contribution in [0.1, 0.15) is 21.5 Å². The van der Waals surface area contributed by atoms with E-state index in [9.17, 15) is 9.90 Å². The third-order valence-electron chi connectivity index (χ3n) is 5.61. The number of nitrogens with one attached hydrogen (secondary N) is 1. The number of benzene rings is 3. The van der Waals surface area contributed by atoms with Gasteiger partial charge in [0.1, 0.15) is 0 Å². The number of likely N-dealkylation sites (N-methyl/N-ethyl adjacent to an activating group) is 2. The minimum atomic E-state index is -0.0354. The number of nitrogens with zero attached hydrogens (tertiary/aromatic N) is 3. The monoisotopic (exact) mass is 474 g/mol. The Morgan fingerprint density at radius 2 is 1.65 bits per heavy atom. The molecule has 7 heteroatoms. The summed E-state index contributed by atoms with van der Waals surface area (Å²) in [5, 5.41) is 12.2. The van der Waals surface area contributed by atoms with Gasteiger partial charge < -0.3 is 19.9 Å². The summed E-state index contributed by atoms with van der Waals surface area (Å²) in [6, 6.07) is 22.3. The molecule has 0 unspecified atom stereocenters. The molecule has 0 atom stereocenters. The van der Waals surface area contributed by atoms with Crippen LogP contribution in [0.15, 0.2) is 77.8 Å². The molecule has 1 heterocycles. The van der Waals surface area contributed by atoms with Gasteiger partial charge in [0.15, 0.2) is 5.88 Å². The second-order valence-electron chi connectivity index (χ2n) is 8.44. The molecule has 0 aliphatic heterocycles. The summed E-state index contributed by atoms with van der Waals surface area (Å²) in [6.07, 6.45) is 0. The highest BCUT2D eigenvalue weighted by molar-refractivity contribution is 6.31. The summed E-state index contributed by atoms with van der Waals surface area (Å²) in [7, 11) is 5.77. The lowest BCUT2D eigenvalue weighted by Gasteiger charge is -2.19. The number of carbonyl (C=O) groups is 1. The Bertz CT molecular complexity index is 1330. The Morgan fingerprint density at radius 3 is 2.32 bits per heavy atom. The van der Waals surface area contributed by atoms with Gasteiger partial charge in [0.2, 0.25) is 0 Å². The molecule has 4 aromatic rings. The zero-order chi connectivity index (χ0) is 24.2. The normalized spacial score (nSPS) is 11.9. The number of aromatic nitrogens is 1. The molecule has 4 rings (SSSR count). The standard InChI is InChI=1S/C27H27ClN4O2/c1-31(2)15-16-32(3)27(34)19-9-12-21(13-10-19)29-25(18-7-5-4-6-8-18)24-22-14-11-20(28)17-23(22)30-26(24)33/h4-14,17,30,33H,15-16H2,1-3H3. The van der Waals surface area contributed by atoms with Gasteiger partial charge in [-0.05, 0) is 50.5 Å². The molecule has 0 aliphatic carbocycles. The van der Waals surface area contributed by atoms with Gasteiger partial charge in [-0.1, -0.05) is 48.0 Å². The second kappa shape index (κ2) is 10.1. The predicted molar refractivity (Wildman–Crippen MR) is 139 cm³/mol. The molecule has 0 fully saturated rings. The molecule has 1 aromatic heterocycles. The predicted octanol–water partition coefficient (Wildman–Crippen LogP) is 5.33. The summed E-state index contributed by atoms with van der Waals surface area (Å²) >= 11 is 6.14. The van der Waals surface area contributed by atoms with Crippen molar-refractivity contribution in [3.05, 3.63) is 94.5 Å². The Labute approximate surface area is 204 Å². The minimum Gasteiger partial charge on any atom is -0.494 e. The second-order valence-corrected chi connectivity index (χ2v) is 8.88. The highest BCUT2D eigenvalue weighted by atomic mass is 35.5. The van der Waals surface area contributed by atoms with E-state index in [4.69, 9.17) is 16.6 Å². The topological polar surface area (TPSA) is 71.9 Å². The van der Waals surface area contributed by atoms with Crippen LogP contribution >= 0.6 is 11.6 Å². The molecule has 2 N–H and O–H groups in total. The van der Waals surface area contributed by atoms with E-state index in [0.29, 0.717) is 34.1 Å². The molecule has 0 aliphatic rings. The van der Waals surface area contributed by atoms with Crippen LogP contribution in [0, 0.1) is 0 Å². The first-order valence-electron chi connectivity index (χ1n) is 11.0. The molecule has 0 saturated carbocycles. The first-order valence-corrected chi connectivity index (χ1v) is 11.4. The van der Waals surface area contributed by atoms with Crippen molar-refractivity contribution >= 4 is 39.8 Å². The lowest BCUT2D eigenvalue weighted by Crippen LogP contribution is -2.33. The minimum absolute atomic E-state index is 0.0224. The zero-order valence-corrected chi connectivity index (χ0v) is 20.2. The molecule has 0 spiro atoms. The maximum absolute atomic E-state index is 12.7. The van der Waals surface area contributed by atoms with Crippen LogP contribution in [-0.2, 0) is 0 Å². The first kappa shape index (κ1) is 23.5. The molecule has 0 bridgehead atoms. The van der Waals surface area contributed by atoms with E-state index >= 15 is 0 Å². The van der Waals surface area contributed by atoms with Crippen molar-refractivity contribution < 1.29 is 9.90 Å². The quantitative estimate of drug-likeness (QED) is 0.355. The third kappa shape index (κ3) is 5.14. The van der Waals surface area contributed by atoms with Crippen LogP contribution in [0.2, 0.25) is 5.02 Å². The number of carbonyl (C=O) groups excluding carboxylic acids is 1. The number of fused-ring (bicyclic) bond motifs is 1. The summed E-state index contributed by atoms with van der Waals surface area (Å²) < 4.78 is 0. The highest BCUT2D eigenvalue weighted by Gasteiger charge is 2.19. The third-order valence-corrected chi connectivity index (χ3v) is 5.84. The van der Waals surface area contributed by atoms with E-state index in [2.05, 4.69) is 4.98 Å². The van der Waals surface area contributed by atoms with Crippen LogP contribution < -0.4 is 0 Å². The summed E-state index contributed by atoms with van der Waals surface area (Å²) in [4.78, 5) is 24.4. The molecule has 1 amide bonds. The molecule has 0 radical (unpaired) electrons. The number of aromatic amines is 1. The first-order chi connectivity index (χ1) is 16.3. The molecular weight excluding hydrogens is 448 g/mol. The van der Waals surface area contributed by atoms with Gasteiger partial charge >= 0.3 is 0 Å². The zero-order valence-electron chi connectivity index (χ0n) is 19.4. The number of rotatable bonds is 7.